The molecule has 0 bridgehead atoms. The molecular formula is C50H47N3. The molecule has 0 spiro atoms. The number of nitrogens with zero attached hydrogens (tertiary/aromatic N) is 2. The molecule has 262 valence electrons. The summed E-state index contributed by atoms with van der Waals surface area (Å²) < 4.78 is 2.31. The van der Waals surface area contributed by atoms with E-state index in [2.05, 4.69) is 131 Å². The van der Waals surface area contributed by atoms with Gasteiger partial charge in [0.05, 0.1) is 11.4 Å². The van der Waals surface area contributed by atoms with Gasteiger partial charge in [-0.1, -0.05) is 120 Å². The van der Waals surface area contributed by atoms with E-state index in [-0.39, 0.29) is 0 Å². The minimum atomic E-state index is 0.366. The second-order valence-electron chi connectivity index (χ2n) is 16.1. The van der Waals surface area contributed by atoms with Gasteiger partial charge in [-0.2, -0.15) is 0 Å². The summed E-state index contributed by atoms with van der Waals surface area (Å²) in [5.41, 5.74) is 17.8. The Labute approximate surface area is 313 Å². The van der Waals surface area contributed by atoms with Gasteiger partial charge in [-0.05, 0) is 125 Å². The Morgan fingerprint density at radius 1 is 0.604 bits per heavy atom. The molecule has 9 aliphatic rings. The summed E-state index contributed by atoms with van der Waals surface area (Å²) in [4.78, 5) is 5.18. The predicted molar refractivity (Wildman–Crippen MR) is 221 cm³/mol. The lowest BCUT2D eigenvalue weighted by atomic mass is 9.69. The second-order valence-corrected chi connectivity index (χ2v) is 16.1. The molecule has 0 radical (unpaired) electrons. The van der Waals surface area contributed by atoms with Crippen molar-refractivity contribution in [2.45, 2.75) is 64.2 Å². The van der Waals surface area contributed by atoms with Crippen molar-refractivity contribution in [3.63, 3.8) is 0 Å². The van der Waals surface area contributed by atoms with Crippen molar-refractivity contribution in [2.75, 3.05) is 11.9 Å². The topological polar surface area (TPSA) is 29.9 Å². The first-order chi connectivity index (χ1) is 26.3. The zero-order valence-corrected chi connectivity index (χ0v) is 30.5. The van der Waals surface area contributed by atoms with E-state index in [9.17, 15) is 0 Å². The van der Waals surface area contributed by atoms with E-state index in [4.69, 9.17) is 4.98 Å². The maximum atomic E-state index is 5.18. The fraction of sp³-hybridized carbons (Fsp3) is 0.300. The Morgan fingerprint density at radius 2 is 1.34 bits per heavy atom. The summed E-state index contributed by atoms with van der Waals surface area (Å²) in [5, 5.41) is 6.45. The lowest BCUT2D eigenvalue weighted by molar-refractivity contribution is 0.578. The highest BCUT2D eigenvalue weighted by Gasteiger charge is 2.52. The van der Waals surface area contributed by atoms with Crippen molar-refractivity contribution in [1.29, 1.82) is 0 Å². The summed E-state index contributed by atoms with van der Waals surface area (Å²) in [6.07, 6.45) is 49.8. The Morgan fingerprint density at radius 3 is 2.02 bits per heavy atom. The van der Waals surface area contributed by atoms with E-state index >= 15 is 0 Å². The van der Waals surface area contributed by atoms with Crippen LogP contribution in [0.1, 0.15) is 75.6 Å². The van der Waals surface area contributed by atoms with Gasteiger partial charge in [0.15, 0.2) is 0 Å². The van der Waals surface area contributed by atoms with Crippen LogP contribution in [0.4, 0.5) is 5.95 Å². The molecule has 1 aromatic carbocycles. The van der Waals surface area contributed by atoms with Gasteiger partial charge in [0, 0.05) is 36.4 Å². The number of allylic oxidation sites excluding steroid dienone is 22. The van der Waals surface area contributed by atoms with E-state index in [1.807, 2.05) is 0 Å². The molecular weight excluding hydrogens is 643 g/mol. The zero-order valence-electron chi connectivity index (χ0n) is 30.5. The van der Waals surface area contributed by atoms with E-state index in [1.54, 1.807) is 22.3 Å². The number of hydrogen-bond acceptors (Lipinski definition) is 2. The predicted octanol–water partition coefficient (Wildman–Crippen LogP) is 10.2. The highest BCUT2D eigenvalue weighted by Crippen LogP contribution is 2.62. The van der Waals surface area contributed by atoms with Gasteiger partial charge in [-0.25, -0.2) is 4.98 Å². The van der Waals surface area contributed by atoms with Gasteiger partial charge >= 0.3 is 0 Å². The number of nitrogens with one attached hydrogen (secondary N) is 1. The van der Waals surface area contributed by atoms with Crippen LogP contribution in [0.5, 0.6) is 0 Å². The molecule has 2 aromatic rings. The summed E-state index contributed by atoms with van der Waals surface area (Å²) in [6, 6.07) is 9.38. The average molecular weight is 690 g/mol. The molecule has 53 heavy (non-hydrogen) atoms. The van der Waals surface area contributed by atoms with E-state index < -0.39 is 0 Å². The molecule has 1 saturated carbocycles. The summed E-state index contributed by atoms with van der Waals surface area (Å²) >= 11 is 0. The fourth-order valence-corrected chi connectivity index (χ4v) is 11.1. The molecule has 4 unspecified atom stereocenters. The fourth-order valence-electron chi connectivity index (χ4n) is 11.1. The maximum absolute atomic E-state index is 5.18. The highest BCUT2D eigenvalue weighted by atomic mass is 15.2. The SMILES string of the molecule is C1=CCCC(C2=c3ccccc3=C(C3=CC=CCC3)C3C4=CC=C(C5=CC=C(c6c(C7=CCCCC7)nc7n6C=CCN7)CC5)C5C=CC=C(C45)C23)=C1. The number of anilines is 1. The zero-order chi connectivity index (χ0) is 34.9. The van der Waals surface area contributed by atoms with Crippen LogP contribution in [0.15, 0.2) is 149 Å². The third-order valence-electron chi connectivity index (χ3n) is 13.4. The van der Waals surface area contributed by atoms with E-state index in [0.717, 1.165) is 63.9 Å². The van der Waals surface area contributed by atoms with Gasteiger partial charge < -0.3 is 5.32 Å². The van der Waals surface area contributed by atoms with Gasteiger partial charge in [0.25, 0.3) is 0 Å². The first-order valence-corrected chi connectivity index (χ1v) is 20.3. The van der Waals surface area contributed by atoms with Gasteiger partial charge in [-0.15, -0.1) is 0 Å². The molecule has 1 fully saturated rings. The van der Waals surface area contributed by atoms with E-state index in [0.29, 0.717) is 23.7 Å². The molecule has 1 aromatic heterocycles. The molecule has 0 saturated heterocycles. The second kappa shape index (κ2) is 12.8. The van der Waals surface area contributed by atoms with E-state index in [1.165, 1.54) is 68.1 Å². The van der Waals surface area contributed by atoms with Crippen molar-refractivity contribution >= 4 is 34.4 Å². The minimum Gasteiger partial charge on any atom is -0.352 e. The Balaban J connectivity index is 1.03. The number of imidazole rings is 1. The van der Waals surface area contributed by atoms with Crippen LogP contribution in [0.2, 0.25) is 0 Å². The van der Waals surface area contributed by atoms with Crippen molar-refractivity contribution in [1.82, 2.24) is 9.55 Å². The lowest BCUT2D eigenvalue weighted by Crippen LogP contribution is -2.40. The first-order valence-electron chi connectivity index (χ1n) is 20.3. The van der Waals surface area contributed by atoms with Crippen molar-refractivity contribution in [2.24, 2.45) is 23.7 Å². The summed E-state index contributed by atoms with van der Waals surface area (Å²) in [7, 11) is 0. The molecule has 2 heterocycles. The summed E-state index contributed by atoms with van der Waals surface area (Å²) in [6.45, 7) is 0.837. The third-order valence-corrected chi connectivity index (χ3v) is 13.4. The third kappa shape index (κ3) is 4.96. The van der Waals surface area contributed by atoms with Crippen LogP contribution in [-0.4, -0.2) is 16.1 Å². The molecule has 1 N–H and O–H groups in total. The van der Waals surface area contributed by atoms with Crippen molar-refractivity contribution < 1.29 is 0 Å². The van der Waals surface area contributed by atoms with Gasteiger partial charge in [-0.3, -0.25) is 4.57 Å². The standard InChI is InChI=1S/C50H47N3/c1-4-14-33(15-5-1)43-39-20-10-11-21-40(39)44(34-16-6-2-7-17-34)47-42-29-28-37(38-22-12-23-41(45(38)42)46(43)47)32-24-26-36(27-25-32)49-48(35-18-8-3-9-19-35)52-50-51-30-13-31-53(49)50/h1-2,4,6,10-14,16,18,20-24,26,28-29,31,38,45-47H,3,5,7-9,15,17,19,25,27,30H2,(H,51,52). The van der Waals surface area contributed by atoms with Crippen molar-refractivity contribution in [3.05, 3.63) is 171 Å². The Hall–Kier alpha value is -5.15. The Kier molecular flexibility index (Phi) is 7.56. The molecule has 4 atom stereocenters. The van der Waals surface area contributed by atoms with Gasteiger partial charge in [0.1, 0.15) is 0 Å². The quantitative estimate of drug-likeness (QED) is 0.339. The van der Waals surface area contributed by atoms with Crippen molar-refractivity contribution in [3.8, 4) is 0 Å². The van der Waals surface area contributed by atoms with Crippen LogP contribution in [0.3, 0.4) is 0 Å². The number of fused-ring (bicyclic) bond motifs is 5. The van der Waals surface area contributed by atoms with Crippen LogP contribution < -0.4 is 15.8 Å². The van der Waals surface area contributed by atoms with Crippen LogP contribution in [-0.2, 0) is 0 Å². The number of hydrogen-bond donors (Lipinski definition) is 1. The normalized spacial score (nSPS) is 27.8. The average Bonchev–Trinajstić information content (AvgIpc) is 3.78. The van der Waals surface area contributed by atoms with Crippen LogP contribution in [0, 0.1) is 23.7 Å². The monoisotopic (exact) mass is 689 g/mol. The molecule has 3 heteroatoms. The van der Waals surface area contributed by atoms with Crippen LogP contribution >= 0.6 is 0 Å². The smallest absolute Gasteiger partial charge is 0.208 e. The molecule has 1 aliphatic heterocycles. The number of aromatic nitrogens is 2. The van der Waals surface area contributed by atoms with Crippen LogP contribution in [0.25, 0.3) is 28.5 Å². The molecule has 0 amide bonds. The maximum Gasteiger partial charge on any atom is 0.208 e. The number of benzene rings is 1. The van der Waals surface area contributed by atoms with Gasteiger partial charge in [0.2, 0.25) is 5.95 Å². The number of rotatable bonds is 5. The Bertz CT molecular complexity index is 2470. The largest absolute Gasteiger partial charge is 0.352 e. The first kappa shape index (κ1) is 31.4. The molecule has 11 rings (SSSR count). The highest BCUT2D eigenvalue weighted by molar-refractivity contribution is 5.85. The molecule has 3 nitrogen and oxygen atoms in total. The lowest BCUT2D eigenvalue weighted by Gasteiger charge is -2.34. The summed E-state index contributed by atoms with van der Waals surface area (Å²) in [5.74, 6) is 2.50. The minimum absolute atomic E-state index is 0.366. The molecule has 8 aliphatic carbocycles.